The first kappa shape index (κ1) is 21.0. The third kappa shape index (κ3) is 3.73. The van der Waals surface area contributed by atoms with Gasteiger partial charge in [0.15, 0.2) is 11.8 Å². The number of nitrogens with zero attached hydrogens (tertiary/aromatic N) is 1. The maximum absolute atomic E-state index is 12.9. The number of benzene rings is 1. The first-order valence-electron chi connectivity index (χ1n) is 9.35. The molecule has 30 heavy (non-hydrogen) atoms. The van der Waals surface area contributed by atoms with Gasteiger partial charge in [0.05, 0.1) is 23.3 Å². The van der Waals surface area contributed by atoms with Crippen molar-refractivity contribution in [2.75, 3.05) is 6.61 Å². The molecule has 0 aliphatic carbocycles. The number of aromatic amines is 2. The lowest BCUT2D eigenvalue weighted by atomic mass is 10.1. The summed E-state index contributed by atoms with van der Waals surface area (Å²) in [5, 5.41) is 6.64. The van der Waals surface area contributed by atoms with Crippen molar-refractivity contribution >= 4 is 28.5 Å². The summed E-state index contributed by atoms with van der Waals surface area (Å²) in [6.07, 6.45) is -1.16. The van der Waals surface area contributed by atoms with Gasteiger partial charge in [-0.25, -0.2) is 14.7 Å². The lowest BCUT2D eigenvalue weighted by molar-refractivity contribution is 0.0312. The first-order valence-corrected chi connectivity index (χ1v) is 9.35. The number of carbonyl (C=O) groups excluding carboxylic acids is 3. The Morgan fingerprint density at radius 2 is 1.77 bits per heavy atom. The zero-order valence-corrected chi connectivity index (χ0v) is 17.0. The minimum absolute atomic E-state index is 0.101. The molecule has 1 atom stereocenters. The van der Waals surface area contributed by atoms with Crippen molar-refractivity contribution in [3.8, 4) is 0 Å². The standard InChI is InChI=1S/C21H21N3O6/c1-5-29-20(27)15-10(2)16(22-11(15)3)18(25)12(4)30-21(28)17-13-8-6-7-9-14(13)19(26)24-23-17/h6-9,12,22H,5H2,1-4H3,(H,24,26). The highest BCUT2D eigenvalue weighted by Gasteiger charge is 2.28. The molecule has 1 aromatic carbocycles. The molecular formula is C21H21N3O6. The number of H-pyrrole nitrogens is 2. The van der Waals surface area contributed by atoms with Crippen molar-refractivity contribution < 1.29 is 23.9 Å². The minimum Gasteiger partial charge on any atom is -0.462 e. The number of carbonyl (C=O) groups is 3. The second kappa shape index (κ2) is 8.32. The molecule has 0 aliphatic heterocycles. The third-order valence-electron chi connectivity index (χ3n) is 4.71. The van der Waals surface area contributed by atoms with Gasteiger partial charge in [-0.05, 0) is 39.3 Å². The summed E-state index contributed by atoms with van der Waals surface area (Å²) in [6, 6.07) is 6.46. The van der Waals surface area contributed by atoms with Crippen LogP contribution in [0.2, 0.25) is 0 Å². The van der Waals surface area contributed by atoms with E-state index >= 15 is 0 Å². The Morgan fingerprint density at radius 3 is 2.43 bits per heavy atom. The largest absolute Gasteiger partial charge is 0.462 e. The number of nitrogens with one attached hydrogen (secondary N) is 2. The molecule has 2 heterocycles. The van der Waals surface area contributed by atoms with Crippen LogP contribution in [-0.2, 0) is 9.47 Å². The van der Waals surface area contributed by atoms with Crippen LogP contribution >= 0.6 is 0 Å². The Morgan fingerprint density at radius 1 is 1.10 bits per heavy atom. The number of hydrogen-bond donors (Lipinski definition) is 2. The monoisotopic (exact) mass is 411 g/mol. The van der Waals surface area contributed by atoms with E-state index < -0.39 is 29.4 Å². The maximum atomic E-state index is 12.9. The van der Waals surface area contributed by atoms with E-state index in [1.54, 1.807) is 45.0 Å². The normalized spacial score (nSPS) is 11.9. The molecular weight excluding hydrogens is 390 g/mol. The minimum atomic E-state index is -1.16. The highest BCUT2D eigenvalue weighted by molar-refractivity contribution is 6.06. The van der Waals surface area contributed by atoms with Crippen LogP contribution in [-0.4, -0.2) is 45.6 Å². The van der Waals surface area contributed by atoms with Gasteiger partial charge in [0, 0.05) is 11.1 Å². The number of esters is 2. The molecule has 9 nitrogen and oxygen atoms in total. The van der Waals surface area contributed by atoms with Crippen molar-refractivity contribution in [3.05, 3.63) is 62.8 Å². The van der Waals surface area contributed by atoms with Crippen LogP contribution in [0, 0.1) is 13.8 Å². The average molecular weight is 411 g/mol. The molecule has 3 rings (SSSR count). The van der Waals surface area contributed by atoms with E-state index in [9.17, 15) is 19.2 Å². The first-order chi connectivity index (χ1) is 14.3. The Balaban J connectivity index is 1.86. The summed E-state index contributed by atoms with van der Waals surface area (Å²) in [4.78, 5) is 52.4. The predicted octanol–water partition coefficient (Wildman–Crippen LogP) is 2.47. The Labute approximate surface area is 171 Å². The average Bonchev–Trinajstić information content (AvgIpc) is 3.02. The predicted molar refractivity (Wildman–Crippen MR) is 108 cm³/mol. The van der Waals surface area contributed by atoms with Gasteiger partial charge in [0.2, 0.25) is 5.78 Å². The Bertz CT molecular complexity index is 1210. The van der Waals surface area contributed by atoms with Gasteiger partial charge in [-0.3, -0.25) is 9.59 Å². The molecule has 1 unspecified atom stereocenters. The summed E-state index contributed by atoms with van der Waals surface area (Å²) >= 11 is 0. The van der Waals surface area contributed by atoms with Crippen LogP contribution in [0.15, 0.2) is 29.1 Å². The van der Waals surface area contributed by atoms with E-state index in [-0.39, 0.29) is 28.9 Å². The number of fused-ring (bicyclic) bond motifs is 1. The van der Waals surface area contributed by atoms with E-state index in [1.165, 1.54) is 6.92 Å². The SMILES string of the molecule is CCOC(=O)c1c(C)[nH]c(C(=O)C(C)OC(=O)c2n[nH]c(=O)c3ccccc23)c1C. The maximum Gasteiger partial charge on any atom is 0.360 e. The van der Waals surface area contributed by atoms with Gasteiger partial charge in [-0.15, -0.1) is 0 Å². The zero-order valence-electron chi connectivity index (χ0n) is 17.0. The van der Waals surface area contributed by atoms with Crippen molar-refractivity contribution in [2.24, 2.45) is 0 Å². The molecule has 9 heteroatoms. The van der Waals surface area contributed by atoms with Crippen LogP contribution < -0.4 is 5.56 Å². The fourth-order valence-electron chi connectivity index (χ4n) is 3.25. The zero-order chi connectivity index (χ0) is 22.0. The highest BCUT2D eigenvalue weighted by atomic mass is 16.5. The molecule has 156 valence electrons. The van der Waals surface area contributed by atoms with Gasteiger partial charge in [-0.2, -0.15) is 5.10 Å². The van der Waals surface area contributed by atoms with Gasteiger partial charge < -0.3 is 14.5 Å². The fourth-order valence-corrected chi connectivity index (χ4v) is 3.25. The topological polar surface area (TPSA) is 131 Å². The van der Waals surface area contributed by atoms with Gasteiger partial charge >= 0.3 is 11.9 Å². The molecule has 0 spiro atoms. The lowest BCUT2D eigenvalue weighted by Crippen LogP contribution is -2.26. The summed E-state index contributed by atoms with van der Waals surface area (Å²) in [6.45, 7) is 6.60. The molecule has 2 aromatic heterocycles. The van der Waals surface area contributed by atoms with Crippen LogP contribution in [0.4, 0.5) is 0 Å². The van der Waals surface area contributed by atoms with Crippen LogP contribution in [0.1, 0.15) is 56.4 Å². The number of aryl methyl sites for hydroxylation is 1. The number of ether oxygens (including phenoxy) is 2. The lowest BCUT2D eigenvalue weighted by Gasteiger charge is -2.12. The molecule has 3 aromatic rings. The molecule has 0 fully saturated rings. The smallest absolute Gasteiger partial charge is 0.360 e. The quantitative estimate of drug-likeness (QED) is 0.470. The van der Waals surface area contributed by atoms with Gasteiger partial charge in [0.1, 0.15) is 0 Å². The van der Waals surface area contributed by atoms with Crippen LogP contribution in [0.3, 0.4) is 0 Å². The molecule has 0 bridgehead atoms. The molecule has 0 saturated heterocycles. The van der Waals surface area contributed by atoms with Crippen molar-refractivity contribution in [1.82, 2.24) is 15.2 Å². The number of hydrogen-bond acceptors (Lipinski definition) is 7. The summed E-state index contributed by atoms with van der Waals surface area (Å²) in [5.41, 5.74) is 0.821. The van der Waals surface area contributed by atoms with E-state index in [4.69, 9.17) is 9.47 Å². The van der Waals surface area contributed by atoms with E-state index in [0.29, 0.717) is 16.6 Å². The molecule has 0 aliphatic rings. The third-order valence-corrected chi connectivity index (χ3v) is 4.71. The van der Waals surface area contributed by atoms with Crippen LogP contribution in [0.25, 0.3) is 10.8 Å². The Kier molecular flexibility index (Phi) is 5.81. The van der Waals surface area contributed by atoms with Crippen molar-refractivity contribution in [3.63, 3.8) is 0 Å². The number of Topliss-reactive ketones (excluding diaryl/α,β-unsaturated/α-hetero) is 1. The molecule has 0 saturated carbocycles. The van der Waals surface area contributed by atoms with E-state index in [1.807, 2.05) is 0 Å². The van der Waals surface area contributed by atoms with Gasteiger partial charge in [0.25, 0.3) is 5.56 Å². The molecule has 0 radical (unpaired) electrons. The fraction of sp³-hybridized carbons (Fsp3) is 0.286. The second-order valence-corrected chi connectivity index (χ2v) is 6.70. The summed E-state index contributed by atoms with van der Waals surface area (Å²) in [5.74, 6) is -1.89. The number of aromatic nitrogens is 3. The number of ketones is 1. The molecule has 2 N–H and O–H groups in total. The number of rotatable bonds is 6. The highest BCUT2D eigenvalue weighted by Crippen LogP contribution is 2.22. The van der Waals surface area contributed by atoms with Crippen molar-refractivity contribution in [2.45, 2.75) is 33.8 Å². The van der Waals surface area contributed by atoms with E-state index in [2.05, 4.69) is 15.2 Å². The van der Waals surface area contributed by atoms with Gasteiger partial charge in [-0.1, -0.05) is 18.2 Å². The van der Waals surface area contributed by atoms with Crippen molar-refractivity contribution in [1.29, 1.82) is 0 Å². The second-order valence-electron chi connectivity index (χ2n) is 6.70. The van der Waals surface area contributed by atoms with E-state index in [0.717, 1.165) is 0 Å². The molecule has 0 amide bonds. The summed E-state index contributed by atoms with van der Waals surface area (Å²) in [7, 11) is 0. The Hall–Kier alpha value is -3.75. The summed E-state index contributed by atoms with van der Waals surface area (Å²) < 4.78 is 10.3. The van der Waals surface area contributed by atoms with Crippen LogP contribution in [0.5, 0.6) is 0 Å².